The number of carbonyl (C=O) groups excluding carboxylic acids is 1. The summed E-state index contributed by atoms with van der Waals surface area (Å²) in [6.07, 6.45) is 0.515. The van der Waals surface area contributed by atoms with E-state index >= 15 is 0 Å². The van der Waals surface area contributed by atoms with E-state index in [0.29, 0.717) is 17.7 Å². The van der Waals surface area contributed by atoms with Crippen LogP contribution in [-0.4, -0.2) is 31.3 Å². The molecule has 0 fully saturated rings. The first-order valence-corrected chi connectivity index (χ1v) is 4.63. The van der Waals surface area contributed by atoms with Crippen molar-refractivity contribution in [1.29, 1.82) is 0 Å². The van der Waals surface area contributed by atoms with Crippen LogP contribution in [0.2, 0.25) is 0 Å². The van der Waals surface area contributed by atoms with E-state index < -0.39 is 0 Å². The summed E-state index contributed by atoms with van der Waals surface area (Å²) in [5.74, 6) is 0.108. The normalized spacial score (nSPS) is 9.80. The fraction of sp³-hybridized carbons (Fsp3) is 0.364. The molecule has 4 heteroatoms. The molecule has 0 heterocycles. The Labute approximate surface area is 96.7 Å². The number of nitrogens with two attached hydrogens (primary N) is 1. The topological polar surface area (TPSA) is 46.3 Å². The summed E-state index contributed by atoms with van der Waals surface area (Å²) in [7, 11) is 3.89. The molecular formula is C11H17ClN2O. The molecule has 0 aliphatic carbocycles. The number of nitrogen functional groups attached to an aromatic ring is 1. The first-order valence-electron chi connectivity index (χ1n) is 4.63. The summed E-state index contributed by atoms with van der Waals surface area (Å²) in [6, 6.07) is 7.19. The quantitative estimate of drug-likeness (QED) is 0.632. The van der Waals surface area contributed by atoms with E-state index in [2.05, 4.69) is 0 Å². The van der Waals surface area contributed by atoms with Crippen molar-refractivity contribution < 1.29 is 4.79 Å². The zero-order valence-corrected chi connectivity index (χ0v) is 9.88. The molecule has 0 unspecified atom stereocenters. The summed E-state index contributed by atoms with van der Waals surface area (Å²) in [5.41, 5.74) is 6.89. The van der Waals surface area contributed by atoms with Crippen molar-refractivity contribution in [2.45, 2.75) is 6.42 Å². The molecule has 1 rings (SSSR count). The van der Waals surface area contributed by atoms with Gasteiger partial charge in [0.15, 0.2) is 5.78 Å². The van der Waals surface area contributed by atoms with Gasteiger partial charge in [0, 0.05) is 24.2 Å². The standard InChI is InChI=1S/C11H16N2O.ClH/c1-13(2)8-7-11(14)9-5-3-4-6-10(9)12;/h3-6H,7-8,12H2,1-2H3;1H. The van der Waals surface area contributed by atoms with Crippen LogP contribution in [0.3, 0.4) is 0 Å². The summed E-state index contributed by atoms with van der Waals surface area (Å²) in [4.78, 5) is 13.6. The maximum atomic E-state index is 11.7. The van der Waals surface area contributed by atoms with Crippen LogP contribution in [0, 0.1) is 0 Å². The van der Waals surface area contributed by atoms with Gasteiger partial charge in [0.1, 0.15) is 0 Å². The van der Waals surface area contributed by atoms with Gasteiger partial charge in [-0.3, -0.25) is 4.79 Å². The summed E-state index contributed by atoms with van der Waals surface area (Å²) >= 11 is 0. The molecule has 2 N–H and O–H groups in total. The van der Waals surface area contributed by atoms with Crippen molar-refractivity contribution >= 4 is 23.9 Å². The lowest BCUT2D eigenvalue weighted by atomic mass is 10.1. The number of nitrogens with zero attached hydrogens (tertiary/aromatic N) is 1. The van der Waals surface area contributed by atoms with Crippen LogP contribution in [0.1, 0.15) is 16.8 Å². The van der Waals surface area contributed by atoms with Crippen molar-refractivity contribution in [2.75, 3.05) is 26.4 Å². The zero-order chi connectivity index (χ0) is 10.6. The molecule has 0 aliphatic heterocycles. The summed E-state index contributed by atoms with van der Waals surface area (Å²) in [6.45, 7) is 0.757. The van der Waals surface area contributed by atoms with Gasteiger partial charge >= 0.3 is 0 Å². The number of hydrogen-bond donors (Lipinski definition) is 1. The van der Waals surface area contributed by atoms with E-state index in [9.17, 15) is 4.79 Å². The molecule has 0 amide bonds. The van der Waals surface area contributed by atoms with Crippen molar-refractivity contribution in [2.24, 2.45) is 0 Å². The Balaban J connectivity index is 0.00000196. The van der Waals surface area contributed by atoms with E-state index in [0.717, 1.165) is 6.54 Å². The first kappa shape index (κ1) is 13.9. The molecule has 0 aliphatic rings. The van der Waals surface area contributed by atoms with Gasteiger partial charge in [0.25, 0.3) is 0 Å². The second-order valence-corrected chi connectivity index (χ2v) is 3.56. The largest absolute Gasteiger partial charge is 0.398 e. The van der Waals surface area contributed by atoms with Gasteiger partial charge in [0.05, 0.1) is 0 Å². The summed E-state index contributed by atoms with van der Waals surface area (Å²) in [5, 5.41) is 0. The lowest BCUT2D eigenvalue weighted by Crippen LogP contribution is -2.17. The predicted molar refractivity (Wildman–Crippen MR) is 65.6 cm³/mol. The number of para-hydroxylation sites is 1. The lowest BCUT2D eigenvalue weighted by molar-refractivity contribution is 0.0973. The van der Waals surface area contributed by atoms with E-state index in [4.69, 9.17) is 5.73 Å². The van der Waals surface area contributed by atoms with E-state index in [1.807, 2.05) is 31.1 Å². The first-order chi connectivity index (χ1) is 6.61. The third kappa shape index (κ3) is 4.32. The highest BCUT2D eigenvalue weighted by atomic mass is 35.5. The van der Waals surface area contributed by atoms with Gasteiger partial charge < -0.3 is 10.6 Å². The van der Waals surface area contributed by atoms with Gasteiger partial charge in [-0.25, -0.2) is 0 Å². The zero-order valence-electron chi connectivity index (χ0n) is 9.06. The second-order valence-electron chi connectivity index (χ2n) is 3.56. The highest BCUT2D eigenvalue weighted by molar-refractivity contribution is 6.00. The molecule has 1 aromatic rings. The van der Waals surface area contributed by atoms with Gasteiger partial charge in [-0.15, -0.1) is 12.4 Å². The number of hydrogen-bond acceptors (Lipinski definition) is 3. The monoisotopic (exact) mass is 228 g/mol. The minimum Gasteiger partial charge on any atom is -0.398 e. The van der Waals surface area contributed by atoms with Crippen molar-refractivity contribution in [3.63, 3.8) is 0 Å². The molecule has 84 valence electrons. The van der Waals surface area contributed by atoms with Gasteiger partial charge in [-0.2, -0.15) is 0 Å². The number of carbonyl (C=O) groups is 1. The van der Waals surface area contributed by atoms with Crippen LogP contribution in [0.15, 0.2) is 24.3 Å². The maximum absolute atomic E-state index is 11.7. The van der Waals surface area contributed by atoms with Crippen molar-refractivity contribution in [3.05, 3.63) is 29.8 Å². The number of halogens is 1. The molecule has 0 saturated heterocycles. The molecule has 0 aromatic heterocycles. The Morgan fingerprint density at radius 1 is 1.33 bits per heavy atom. The number of Topliss-reactive ketones (excluding diaryl/α,β-unsaturated/α-hetero) is 1. The molecule has 0 radical (unpaired) electrons. The van der Waals surface area contributed by atoms with Gasteiger partial charge in [-0.05, 0) is 26.2 Å². The Bertz CT molecular complexity index is 326. The fourth-order valence-corrected chi connectivity index (χ4v) is 1.21. The molecule has 1 aromatic carbocycles. The Hall–Kier alpha value is -1.06. The van der Waals surface area contributed by atoms with Gasteiger partial charge in [-0.1, -0.05) is 12.1 Å². The molecule has 0 spiro atoms. The van der Waals surface area contributed by atoms with E-state index in [1.165, 1.54) is 0 Å². The molecule has 3 nitrogen and oxygen atoms in total. The van der Waals surface area contributed by atoms with E-state index in [-0.39, 0.29) is 18.2 Å². The minimum atomic E-state index is 0. The number of anilines is 1. The predicted octanol–water partition coefficient (Wildman–Crippen LogP) is 1.83. The van der Waals surface area contributed by atoms with Gasteiger partial charge in [0.2, 0.25) is 0 Å². The highest BCUT2D eigenvalue weighted by Gasteiger charge is 2.08. The Kier molecular flexibility index (Phi) is 5.97. The maximum Gasteiger partial charge on any atom is 0.166 e. The second kappa shape index (κ2) is 6.43. The Morgan fingerprint density at radius 3 is 2.47 bits per heavy atom. The average molecular weight is 229 g/mol. The Morgan fingerprint density at radius 2 is 1.93 bits per heavy atom. The number of ketones is 1. The smallest absolute Gasteiger partial charge is 0.166 e. The van der Waals surface area contributed by atoms with Crippen LogP contribution in [0.4, 0.5) is 5.69 Å². The molecule has 15 heavy (non-hydrogen) atoms. The fourth-order valence-electron chi connectivity index (χ4n) is 1.21. The summed E-state index contributed by atoms with van der Waals surface area (Å²) < 4.78 is 0. The van der Waals surface area contributed by atoms with Crippen molar-refractivity contribution in [3.8, 4) is 0 Å². The lowest BCUT2D eigenvalue weighted by Gasteiger charge is -2.09. The van der Waals surface area contributed by atoms with E-state index in [1.54, 1.807) is 12.1 Å². The third-order valence-electron chi connectivity index (χ3n) is 2.05. The third-order valence-corrected chi connectivity index (χ3v) is 2.05. The minimum absolute atomic E-state index is 0. The van der Waals surface area contributed by atoms with Crippen LogP contribution in [0.25, 0.3) is 0 Å². The molecule has 0 bridgehead atoms. The van der Waals surface area contributed by atoms with Crippen molar-refractivity contribution in [1.82, 2.24) is 4.90 Å². The van der Waals surface area contributed by atoms with Crippen LogP contribution in [-0.2, 0) is 0 Å². The van der Waals surface area contributed by atoms with Crippen LogP contribution < -0.4 is 5.73 Å². The van der Waals surface area contributed by atoms with Crippen LogP contribution >= 0.6 is 12.4 Å². The molecular weight excluding hydrogens is 212 g/mol. The molecule has 0 atom stereocenters. The average Bonchev–Trinajstić information content (AvgIpc) is 2.15. The SMILES string of the molecule is CN(C)CCC(=O)c1ccccc1N.Cl. The number of rotatable bonds is 4. The highest BCUT2D eigenvalue weighted by Crippen LogP contribution is 2.12. The van der Waals surface area contributed by atoms with Crippen LogP contribution in [0.5, 0.6) is 0 Å². The molecule has 0 saturated carbocycles. The number of benzene rings is 1.